The van der Waals surface area contributed by atoms with Crippen LogP contribution in [0.1, 0.15) is 252 Å². The van der Waals surface area contributed by atoms with E-state index < -0.39 is 57.8 Å². The predicted octanol–water partition coefficient (Wildman–Crippen LogP) is 18.6. The third-order valence-corrected chi connectivity index (χ3v) is 13.6. The Morgan fingerprint density at radius 3 is 0.962 bits per heavy atom. The van der Waals surface area contributed by atoms with Gasteiger partial charge in [-0.2, -0.15) is 0 Å². The monoisotopic (exact) mass is 1110 g/mol. The smallest absolute Gasteiger partial charge is 0.462 e. The fourth-order valence-electron chi connectivity index (χ4n) is 8.11. The van der Waals surface area contributed by atoms with Crippen LogP contribution in [0, 0.1) is 0 Å². The van der Waals surface area contributed by atoms with Gasteiger partial charge in [-0.25, -0.2) is 4.57 Å². The number of phosphoric ester groups is 1. The Bertz CT molecular complexity index is 1720. The lowest BCUT2D eigenvalue weighted by molar-refractivity contribution is -0.161. The van der Waals surface area contributed by atoms with Crippen LogP contribution in [0.25, 0.3) is 0 Å². The van der Waals surface area contributed by atoms with Crippen molar-refractivity contribution >= 4 is 25.7 Å². The van der Waals surface area contributed by atoms with Gasteiger partial charge in [-0.05, 0) is 116 Å². The largest absolute Gasteiger partial charge is 0.472 e. The molecule has 0 aliphatic heterocycles. The van der Waals surface area contributed by atoms with Crippen molar-refractivity contribution in [3.63, 3.8) is 0 Å². The minimum Gasteiger partial charge on any atom is -0.462 e. The lowest BCUT2D eigenvalue weighted by Gasteiger charge is -2.21. The number of unbranched alkanes of at least 4 members (excludes halogenated alkanes) is 21. The average molecular weight is 1110 g/mol. The molecule has 0 fully saturated rings. The summed E-state index contributed by atoms with van der Waals surface area (Å²) in [6.45, 7) is 4.29. The lowest BCUT2D eigenvalue weighted by atomic mass is 10.1. The molecule has 78 heavy (non-hydrogen) atoms. The molecular formula is C66H111O11P. The van der Waals surface area contributed by atoms with Crippen molar-refractivity contribution in [1.82, 2.24) is 0 Å². The van der Waals surface area contributed by atoms with Crippen LogP contribution in [0.15, 0.2) is 109 Å². The third-order valence-electron chi connectivity index (χ3n) is 12.7. The van der Waals surface area contributed by atoms with E-state index in [9.17, 15) is 28.9 Å². The standard InChI is InChI=1S/C66H111O11P/c1-4-7-10-13-16-19-22-25-28-31-34-37-40-43-46-49-52-55-64(68)73-59-63(77-66(70)57-54-51-48-45-42-39-36-33-30-27-24-21-18-15-12-9-6-3)61-75-78(71,72)74-60-62(58-67)76-65(69)56-53-50-47-44-41-38-35-32-29-26-23-20-17-14-11-8-5-2/h7-12,16-21,25-30,62-63,67H,4-6,13-15,22-24,31-61H2,1-3H3,(H,71,72)/b10-7-,11-8-,12-9-,19-16-,20-17-,21-18-,28-25-,29-26-,30-27-. The first-order valence-corrected chi connectivity index (χ1v) is 32.3. The number of hydrogen-bond acceptors (Lipinski definition) is 10. The van der Waals surface area contributed by atoms with Crippen molar-refractivity contribution in [2.75, 3.05) is 26.4 Å². The Labute approximate surface area is 475 Å². The molecule has 0 rings (SSSR count). The van der Waals surface area contributed by atoms with E-state index in [0.717, 1.165) is 161 Å². The molecule has 0 aliphatic rings. The molecule has 2 N–H and O–H groups in total. The average Bonchev–Trinajstić information content (AvgIpc) is 3.43. The molecule has 11 nitrogen and oxygen atoms in total. The predicted molar refractivity (Wildman–Crippen MR) is 325 cm³/mol. The van der Waals surface area contributed by atoms with E-state index in [1.165, 1.54) is 32.1 Å². The number of carbonyl (C=O) groups excluding carboxylic acids is 3. The van der Waals surface area contributed by atoms with Crippen LogP contribution in [0.2, 0.25) is 0 Å². The number of hydrogen-bond donors (Lipinski definition) is 2. The first-order chi connectivity index (χ1) is 38.2. The molecule has 0 aromatic carbocycles. The molecule has 0 bridgehead atoms. The second-order valence-corrected chi connectivity index (χ2v) is 21.5. The molecule has 12 heteroatoms. The summed E-state index contributed by atoms with van der Waals surface area (Å²) < 4.78 is 39.6. The molecule has 0 aliphatic carbocycles. The van der Waals surface area contributed by atoms with Crippen LogP contribution in [0.4, 0.5) is 0 Å². The van der Waals surface area contributed by atoms with E-state index in [1.807, 2.05) is 0 Å². The van der Waals surface area contributed by atoms with Crippen molar-refractivity contribution in [3.05, 3.63) is 109 Å². The summed E-state index contributed by atoms with van der Waals surface area (Å²) in [5, 5.41) is 9.84. The number of ether oxygens (including phenoxy) is 3. The van der Waals surface area contributed by atoms with Gasteiger partial charge in [0.05, 0.1) is 19.8 Å². The highest BCUT2D eigenvalue weighted by Gasteiger charge is 2.28. The third kappa shape index (κ3) is 56.8. The van der Waals surface area contributed by atoms with Gasteiger partial charge in [-0.15, -0.1) is 0 Å². The molecule has 3 atom stereocenters. The topological polar surface area (TPSA) is 155 Å². The Balaban J connectivity index is 4.74. The summed E-state index contributed by atoms with van der Waals surface area (Å²) in [4.78, 5) is 48.7. The Morgan fingerprint density at radius 1 is 0.359 bits per heavy atom. The van der Waals surface area contributed by atoms with Gasteiger partial charge < -0.3 is 24.2 Å². The van der Waals surface area contributed by atoms with E-state index >= 15 is 0 Å². The van der Waals surface area contributed by atoms with E-state index in [1.54, 1.807) is 0 Å². The van der Waals surface area contributed by atoms with Crippen molar-refractivity contribution in [2.24, 2.45) is 0 Å². The van der Waals surface area contributed by atoms with Crippen LogP contribution >= 0.6 is 7.82 Å². The van der Waals surface area contributed by atoms with Crippen LogP contribution in [-0.4, -0.2) is 66.5 Å². The van der Waals surface area contributed by atoms with Crippen LogP contribution < -0.4 is 0 Å². The second-order valence-electron chi connectivity index (χ2n) is 20.1. The summed E-state index contributed by atoms with van der Waals surface area (Å²) in [5.41, 5.74) is 0. The normalized spacial score (nSPS) is 14.1. The van der Waals surface area contributed by atoms with Crippen molar-refractivity contribution < 1.29 is 52.2 Å². The highest BCUT2D eigenvalue weighted by molar-refractivity contribution is 7.47. The van der Waals surface area contributed by atoms with Gasteiger partial charge in [0.1, 0.15) is 12.7 Å². The Morgan fingerprint density at radius 2 is 0.628 bits per heavy atom. The minimum atomic E-state index is -4.77. The summed E-state index contributed by atoms with van der Waals surface area (Å²) in [6, 6.07) is 0. The van der Waals surface area contributed by atoms with E-state index in [2.05, 4.69) is 130 Å². The zero-order valence-electron chi connectivity index (χ0n) is 49.3. The Kier molecular flexibility index (Phi) is 56.3. The Hall–Kier alpha value is -3.86. The van der Waals surface area contributed by atoms with Crippen molar-refractivity contribution in [1.29, 1.82) is 0 Å². The number of aliphatic hydroxyl groups is 1. The molecule has 0 aromatic rings. The quantitative estimate of drug-likeness (QED) is 0.0197. The molecule has 3 unspecified atom stereocenters. The number of allylic oxidation sites excluding steroid dienone is 18. The maximum absolute atomic E-state index is 12.9. The van der Waals surface area contributed by atoms with Gasteiger partial charge >= 0.3 is 25.7 Å². The summed E-state index contributed by atoms with van der Waals surface area (Å²) >= 11 is 0. The molecular weight excluding hydrogens is 1000 g/mol. The molecule has 0 saturated heterocycles. The SMILES string of the molecule is CC/C=C\C/C=C\C/C=C\CCCCCCCCCC(=O)OCC(COP(=O)(O)OCC(CO)OC(=O)CCCCCCCCC/C=C\C/C=C\C/C=C\CC)OC(=O)CCCCCCCCC/C=C\C/C=C\C/C=C\CC. The summed E-state index contributed by atoms with van der Waals surface area (Å²) in [5.74, 6) is -1.50. The van der Waals surface area contributed by atoms with Gasteiger partial charge in [0, 0.05) is 19.3 Å². The molecule has 0 saturated carbocycles. The van der Waals surface area contributed by atoms with Gasteiger partial charge in [-0.1, -0.05) is 226 Å². The zero-order chi connectivity index (χ0) is 56.9. The first kappa shape index (κ1) is 74.1. The number of phosphoric acid groups is 1. The van der Waals surface area contributed by atoms with E-state index in [0.29, 0.717) is 19.3 Å². The van der Waals surface area contributed by atoms with Gasteiger partial charge in [0.15, 0.2) is 6.10 Å². The van der Waals surface area contributed by atoms with Crippen LogP contribution in [0.3, 0.4) is 0 Å². The molecule has 0 radical (unpaired) electrons. The van der Waals surface area contributed by atoms with E-state index in [4.69, 9.17) is 23.3 Å². The maximum Gasteiger partial charge on any atom is 0.472 e. The lowest BCUT2D eigenvalue weighted by Crippen LogP contribution is -2.30. The molecule has 0 spiro atoms. The second kappa shape index (κ2) is 59.3. The van der Waals surface area contributed by atoms with E-state index in [-0.39, 0.29) is 25.9 Å². The highest BCUT2D eigenvalue weighted by Crippen LogP contribution is 2.43. The van der Waals surface area contributed by atoms with Gasteiger partial charge in [0.2, 0.25) is 0 Å². The fraction of sp³-hybridized carbons (Fsp3) is 0.682. The highest BCUT2D eigenvalue weighted by atomic mass is 31.2. The number of rotatable bonds is 56. The fourth-order valence-corrected chi connectivity index (χ4v) is 8.89. The van der Waals surface area contributed by atoms with Gasteiger partial charge in [0.25, 0.3) is 0 Å². The van der Waals surface area contributed by atoms with Crippen molar-refractivity contribution in [2.45, 2.75) is 264 Å². The van der Waals surface area contributed by atoms with Crippen LogP contribution in [0.5, 0.6) is 0 Å². The molecule has 0 amide bonds. The maximum atomic E-state index is 12.9. The zero-order valence-corrected chi connectivity index (χ0v) is 50.2. The van der Waals surface area contributed by atoms with Crippen molar-refractivity contribution in [3.8, 4) is 0 Å². The molecule has 0 aromatic heterocycles. The summed E-state index contributed by atoms with van der Waals surface area (Å²) in [7, 11) is -4.77. The van der Waals surface area contributed by atoms with Gasteiger partial charge in [-0.3, -0.25) is 23.4 Å². The molecule has 446 valence electrons. The van der Waals surface area contributed by atoms with Crippen LogP contribution in [-0.2, 0) is 42.2 Å². The summed E-state index contributed by atoms with van der Waals surface area (Å²) in [6.07, 6.45) is 71.8. The number of aliphatic hydroxyl groups excluding tert-OH is 1. The minimum absolute atomic E-state index is 0.149. The number of esters is 3. The molecule has 0 heterocycles. The first-order valence-electron chi connectivity index (χ1n) is 30.8. The number of carbonyl (C=O) groups is 3.